The molecular formula is C15H20F2N4O. The highest BCUT2D eigenvalue weighted by molar-refractivity contribution is 5.37. The van der Waals surface area contributed by atoms with E-state index in [1.807, 2.05) is 13.8 Å². The van der Waals surface area contributed by atoms with Crippen LogP contribution in [0.15, 0.2) is 18.2 Å². The fraction of sp³-hybridized carbons (Fsp3) is 0.467. The van der Waals surface area contributed by atoms with Crippen LogP contribution in [0.2, 0.25) is 0 Å². The number of halogens is 2. The number of hydrogen-bond donors (Lipinski definition) is 1. The summed E-state index contributed by atoms with van der Waals surface area (Å²) in [6, 6.07) is 4.75. The second kappa shape index (κ2) is 5.90. The number of rotatable bonds is 5. The van der Waals surface area contributed by atoms with Crippen molar-refractivity contribution in [2.45, 2.75) is 39.7 Å². The maximum atomic E-state index is 13.5. The Bertz CT molecular complexity index is 662. The average molecular weight is 310 g/mol. The predicted molar refractivity (Wildman–Crippen MR) is 80.8 cm³/mol. The molecule has 1 N–H and O–H groups in total. The molecule has 0 saturated heterocycles. The van der Waals surface area contributed by atoms with Crippen LogP contribution in [0, 0.1) is 6.92 Å². The number of alkyl halides is 2. The van der Waals surface area contributed by atoms with Gasteiger partial charge in [-0.25, -0.2) is 13.5 Å². The summed E-state index contributed by atoms with van der Waals surface area (Å²) in [4.78, 5) is 4.20. The number of hydrogen-bond acceptors (Lipinski definition) is 4. The molecule has 0 aliphatic carbocycles. The zero-order valence-electron chi connectivity index (χ0n) is 13.3. The van der Waals surface area contributed by atoms with Gasteiger partial charge >= 0.3 is 6.01 Å². The number of aromatic nitrogens is 3. The van der Waals surface area contributed by atoms with Gasteiger partial charge in [0.05, 0.1) is 6.04 Å². The zero-order chi connectivity index (χ0) is 16.5. The van der Waals surface area contributed by atoms with Crippen molar-refractivity contribution in [1.29, 1.82) is 0 Å². The van der Waals surface area contributed by atoms with Gasteiger partial charge in [0.2, 0.25) is 5.95 Å². The molecule has 22 heavy (non-hydrogen) atoms. The SMILES string of the molecule is CNc1nc(Oc2cc(C)cc(C(C)(F)F)c2)n(C(C)C)n1. The van der Waals surface area contributed by atoms with Crippen LogP contribution in [0.25, 0.3) is 0 Å². The molecule has 1 aromatic carbocycles. The van der Waals surface area contributed by atoms with Gasteiger partial charge < -0.3 is 10.1 Å². The monoisotopic (exact) mass is 310 g/mol. The Labute approximate surface area is 128 Å². The van der Waals surface area contributed by atoms with Crippen molar-refractivity contribution in [3.05, 3.63) is 29.3 Å². The van der Waals surface area contributed by atoms with E-state index in [9.17, 15) is 8.78 Å². The van der Waals surface area contributed by atoms with Crippen molar-refractivity contribution in [2.75, 3.05) is 12.4 Å². The molecule has 2 aromatic rings. The van der Waals surface area contributed by atoms with E-state index < -0.39 is 5.92 Å². The van der Waals surface area contributed by atoms with Crippen LogP contribution in [-0.4, -0.2) is 21.8 Å². The molecule has 0 spiro atoms. The minimum Gasteiger partial charge on any atom is -0.424 e. The summed E-state index contributed by atoms with van der Waals surface area (Å²) >= 11 is 0. The van der Waals surface area contributed by atoms with Crippen LogP contribution in [-0.2, 0) is 5.92 Å². The number of nitrogens with zero attached hydrogens (tertiary/aromatic N) is 3. The van der Waals surface area contributed by atoms with E-state index in [1.54, 1.807) is 24.7 Å². The summed E-state index contributed by atoms with van der Waals surface area (Å²) in [6.45, 7) is 6.47. The molecule has 1 aromatic heterocycles. The van der Waals surface area contributed by atoms with Gasteiger partial charge in [-0.1, -0.05) is 0 Å². The van der Waals surface area contributed by atoms with Gasteiger partial charge in [0.15, 0.2) is 0 Å². The van der Waals surface area contributed by atoms with Gasteiger partial charge in [0.1, 0.15) is 5.75 Å². The summed E-state index contributed by atoms with van der Waals surface area (Å²) in [5.41, 5.74) is 0.602. The molecular weight excluding hydrogens is 290 g/mol. The van der Waals surface area contributed by atoms with Crippen molar-refractivity contribution in [3.63, 3.8) is 0 Å². The highest BCUT2D eigenvalue weighted by Gasteiger charge is 2.25. The first-order valence-corrected chi connectivity index (χ1v) is 7.03. The fourth-order valence-corrected chi connectivity index (χ4v) is 1.99. The molecule has 0 fully saturated rings. The predicted octanol–water partition coefficient (Wildman–Crippen LogP) is 4.11. The molecule has 0 aliphatic heterocycles. The van der Waals surface area contributed by atoms with Crippen LogP contribution >= 0.6 is 0 Å². The van der Waals surface area contributed by atoms with E-state index >= 15 is 0 Å². The van der Waals surface area contributed by atoms with Crippen LogP contribution in [0.5, 0.6) is 11.8 Å². The van der Waals surface area contributed by atoms with Crippen LogP contribution in [0.1, 0.15) is 37.9 Å². The van der Waals surface area contributed by atoms with Crippen LogP contribution in [0.4, 0.5) is 14.7 Å². The van der Waals surface area contributed by atoms with E-state index in [0.29, 0.717) is 17.3 Å². The second-order valence-corrected chi connectivity index (χ2v) is 5.53. The standard InChI is InChI=1S/C15H20F2N4O/c1-9(2)21-14(19-13(18-5)20-21)22-12-7-10(3)6-11(8-12)15(4,16)17/h6-9H,1-5H3,(H,18,20). The van der Waals surface area contributed by atoms with E-state index in [1.165, 1.54) is 12.1 Å². The maximum Gasteiger partial charge on any atom is 0.322 e. The smallest absolute Gasteiger partial charge is 0.322 e. The second-order valence-electron chi connectivity index (χ2n) is 5.53. The molecule has 120 valence electrons. The quantitative estimate of drug-likeness (QED) is 0.903. The largest absolute Gasteiger partial charge is 0.424 e. The Morgan fingerprint density at radius 1 is 1.27 bits per heavy atom. The van der Waals surface area contributed by atoms with E-state index in [2.05, 4.69) is 15.4 Å². The molecule has 0 amide bonds. The Morgan fingerprint density at radius 3 is 2.50 bits per heavy atom. The maximum absolute atomic E-state index is 13.5. The molecule has 2 rings (SSSR count). The third-order valence-electron chi connectivity index (χ3n) is 3.08. The van der Waals surface area contributed by atoms with Gasteiger partial charge in [0, 0.05) is 19.5 Å². The molecule has 0 saturated carbocycles. The third-order valence-corrected chi connectivity index (χ3v) is 3.08. The molecule has 1 heterocycles. The Hall–Kier alpha value is -2.18. The summed E-state index contributed by atoms with van der Waals surface area (Å²) < 4.78 is 34.3. The molecule has 7 heteroatoms. The van der Waals surface area contributed by atoms with Crippen molar-refractivity contribution >= 4 is 5.95 Å². The summed E-state index contributed by atoms with van der Waals surface area (Å²) in [5.74, 6) is -2.20. The molecule has 0 aliphatic rings. The topological polar surface area (TPSA) is 52.0 Å². The van der Waals surface area contributed by atoms with Gasteiger partial charge in [-0.05, 0) is 44.5 Å². The van der Waals surface area contributed by atoms with Gasteiger partial charge in [-0.3, -0.25) is 0 Å². The van der Waals surface area contributed by atoms with E-state index in [0.717, 1.165) is 6.92 Å². The van der Waals surface area contributed by atoms with Crippen molar-refractivity contribution in [1.82, 2.24) is 14.8 Å². The molecule has 0 atom stereocenters. The fourth-order valence-electron chi connectivity index (χ4n) is 1.99. The van der Waals surface area contributed by atoms with Gasteiger partial charge in [-0.15, -0.1) is 5.10 Å². The van der Waals surface area contributed by atoms with Gasteiger partial charge in [-0.2, -0.15) is 4.98 Å². The third kappa shape index (κ3) is 3.52. The zero-order valence-corrected chi connectivity index (χ0v) is 13.3. The minimum atomic E-state index is -2.92. The number of benzene rings is 1. The molecule has 0 bridgehead atoms. The Morgan fingerprint density at radius 2 is 1.95 bits per heavy atom. The number of anilines is 1. The van der Waals surface area contributed by atoms with Crippen molar-refractivity contribution in [3.8, 4) is 11.8 Å². The van der Waals surface area contributed by atoms with E-state index in [4.69, 9.17) is 4.74 Å². The highest BCUT2D eigenvalue weighted by atomic mass is 19.3. The number of aryl methyl sites for hydroxylation is 1. The first kappa shape index (κ1) is 16.2. The van der Waals surface area contributed by atoms with Crippen molar-refractivity contribution < 1.29 is 13.5 Å². The highest BCUT2D eigenvalue weighted by Crippen LogP contribution is 2.32. The Kier molecular flexibility index (Phi) is 4.35. The minimum absolute atomic E-state index is 0.0292. The van der Waals surface area contributed by atoms with E-state index in [-0.39, 0.29) is 17.6 Å². The normalized spacial score (nSPS) is 11.8. The lowest BCUT2D eigenvalue weighted by molar-refractivity contribution is 0.0172. The summed E-state index contributed by atoms with van der Waals surface area (Å²) in [7, 11) is 1.70. The molecule has 0 unspecified atom stereocenters. The van der Waals surface area contributed by atoms with Crippen LogP contribution < -0.4 is 10.1 Å². The lowest BCUT2D eigenvalue weighted by Crippen LogP contribution is -2.08. The summed E-state index contributed by atoms with van der Waals surface area (Å²) in [5, 5.41) is 7.07. The number of ether oxygens (including phenoxy) is 1. The first-order valence-electron chi connectivity index (χ1n) is 7.03. The van der Waals surface area contributed by atoms with Crippen LogP contribution in [0.3, 0.4) is 0 Å². The number of nitrogens with one attached hydrogen (secondary N) is 1. The first-order chi connectivity index (χ1) is 10.2. The lowest BCUT2D eigenvalue weighted by atomic mass is 10.1. The molecule has 5 nitrogen and oxygen atoms in total. The average Bonchev–Trinajstić information content (AvgIpc) is 2.80. The van der Waals surface area contributed by atoms with Gasteiger partial charge in [0.25, 0.3) is 5.92 Å². The Balaban J connectivity index is 2.39. The van der Waals surface area contributed by atoms with Crippen molar-refractivity contribution in [2.24, 2.45) is 0 Å². The lowest BCUT2D eigenvalue weighted by Gasteiger charge is -2.14. The summed E-state index contributed by atoms with van der Waals surface area (Å²) in [6.07, 6.45) is 0. The molecule has 0 radical (unpaired) electrons.